The molecule has 102 valence electrons. The van der Waals surface area contributed by atoms with Crippen LogP contribution in [0, 0.1) is 10.1 Å². The molecule has 1 unspecified atom stereocenters. The number of benzene rings is 2. The molecule has 0 N–H and O–H groups in total. The van der Waals surface area contributed by atoms with Gasteiger partial charge in [0.1, 0.15) is 5.75 Å². The first-order valence-corrected chi connectivity index (χ1v) is 7.13. The lowest BCUT2D eigenvalue weighted by molar-refractivity contribution is -0.384. The third-order valence-corrected chi connectivity index (χ3v) is 4.76. The quantitative estimate of drug-likeness (QED) is 0.632. The predicted octanol–water partition coefficient (Wildman–Crippen LogP) is 3.99. The first-order chi connectivity index (χ1) is 9.67. The van der Waals surface area contributed by atoms with Crippen LogP contribution in [-0.4, -0.2) is 12.0 Å². The molecule has 1 aliphatic rings. The SMILES string of the molecule is COc1ccc2c(c1)SC(c1cccc([N+](=O)[O-])c1)C2. The number of nitrogens with zero attached hydrogens (tertiary/aromatic N) is 1. The summed E-state index contributed by atoms with van der Waals surface area (Å²) >= 11 is 1.74. The van der Waals surface area contributed by atoms with Crippen LogP contribution in [0.25, 0.3) is 0 Å². The Labute approximate surface area is 120 Å². The average Bonchev–Trinajstić information content (AvgIpc) is 2.90. The van der Waals surface area contributed by atoms with Gasteiger partial charge in [0.05, 0.1) is 12.0 Å². The maximum absolute atomic E-state index is 10.9. The minimum Gasteiger partial charge on any atom is -0.497 e. The molecule has 0 fully saturated rings. The lowest BCUT2D eigenvalue weighted by Crippen LogP contribution is -1.94. The molecule has 1 atom stereocenters. The molecule has 0 aromatic heterocycles. The molecule has 0 spiro atoms. The number of fused-ring (bicyclic) bond motifs is 1. The van der Waals surface area contributed by atoms with Crippen molar-refractivity contribution in [1.82, 2.24) is 0 Å². The van der Waals surface area contributed by atoms with Crippen LogP contribution in [0.1, 0.15) is 16.4 Å². The lowest BCUT2D eigenvalue weighted by Gasteiger charge is -2.08. The van der Waals surface area contributed by atoms with E-state index in [9.17, 15) is 10.1 Å². The number of nitro groups is 1. The molecule has 0 aliphatic carbocycles. The maximum Gasteiger partial charge on any atom is 0.269 e. The number of thioether (sulfide) groups is 1. The van der Waals surface area contributed by atoms with Crippen molar-refractivity contribution in [1.29, 1.82) is 0 Å². The molecule has 20 heavy (non-hydrogen) atoms. The number of non-ortho nitro benzene ring substituents is 1. The van der Waals surface area contributed by atoms with Crippen LogP contribution in [-0.2, 0) is 6.42 Å². The molecule has 0 amide bonds. The second-order valence-electron chi connectivity index (χ2n) is 4.64. The lowest BCUT2D eigenvalue weighted by atomic mass is 10.0. The van der Waals surface area contributed by atoms with Crippen molar-refractivity contribution in [2.45, 2.75) is 16.6 Å². The summed E-state index contributed by atoms with van der Waals surface area (Å²) in [5.41, 5.74) is 2.42. The third kappa shape index (κ3) is 2.36. The molecule has 0 radical (unpaired) electrons. The van der Waals surface area contributed by atoms with Gasteiger partial charge in [-0.25, -0.2) is 0 Å². The van der Waals surface area contributed by atoms with Gasteiger partial charge < -0.3 is 4.74 Å². The van der Waals surface area contributed by atoms with Gasteiger partial charge in [0.2, 0.25) is 0 Å². The van der Waals surface area contributed by atoms with E-state index in [-0.39, 0.29) is 15.9 Å². The van der Waals surface area contributed by atoms with Gasteiger partial charge in [-0.2, -0.15) is 0 Å². The van der Waals surface area contributed by atoms with Crippen molar-refractivity contribution in [2.24, 2.45) is 0 Å². The Bertz CT molecular complexity index is 672. The summed E-state index contributed by atoms with van der Waals surface area (Å²) < 4.78 is 5.23. The fourth-order valence-corrected chi connectivity index (χ4v) is 3.70. The van der Waals surface area contributed by atoms with Crippen LogP contribution in [0.15, 0.2) is 47.4 Å². The average molecular weight is 287 g/mol. The summed E-state index contributed by atoms with van der Waals surface area (Å²) in [4.78, 5) is 11.7. The third-order valence-electron chi connectivity index (χ3n) is 3.40. The van der Waals surface area contributed by atoms with E-state index < -0.39 is 0 Å². The van der Waals surface area contributed by atoms with Crippen molar-refractivity contribution in [3.05, 3.63) is 63.7 Å². The van der Waals surface area contributed by atoms with E-state index in [2.05, 4.69) is 6.07 Å². The Balaban J connectivity index is 1.88. The van der Waals surface area contributed by atoms with Crippen molar-refractivity contribution >= 4 is 17.4 Å². The highest BCUT2D eigenvalue weighted by Gasteiger charge is 2.25. The highest BCUT2D eigenvalue weighted by Crippen LogP contribution is 2.47. The molecule has 0 saturated heterocycles. The van der Waals surface area contributed by atoms with Crippen LogP contribution >= 0.6 is 11.8 Å². The van der Waals surface area contributed by atoms with E-state index >= 15 is 0 Å². The number of ether oxygens (including phenoxy) is 1. The van der Waals surface area contributed by atoms with E-state index in [1.165, 1.54) is 16.5 Å². The van der Waals surface area contributed by atoms with E-state index in [1.807, 2.05) is 18.2 Å². The summed E-state index contributed by atoms with van der Waals surface area (Å²) in [6, 6.07) is 12.9. The molecule has 2 aromatic carbocycles. The van der Waals surface area contributed by atoms with Gasteiger partial charge in [0.15, 0.2) is 0 Å². The minimum atomic E-state index is -0.348. The zero-order valence-electron chi connectivity index (χ0n) is 10.9. The summed E-state index contributed by atoms with van der Waals surface area (Å²) in [6.45, 7) is 0. The van der Waals surface area contributed by atoms with Crippen LogP contribution < -0.4 is 4.74 Å². The van der Waals surface area contributed by atoms with Gasteiger partial charge in [-0.15, -0.1) is 11.8 Å². The molecule has 3 rings (SSSR count). The summed E-state index contributed by atoms with van der Waals surface area (Å²) in [7, 11) is 1.65. The number of rotatable bonds is 3. The second-order valence-corrected chi connectivity index (χ2v) is 5.88. The van der Waals surface area contributed by atoms with E-state index in [1.54, 1.807) is 31.0 Å². The number of hydrogen-bond acceptors (Lipinski definition) is 4. The van der Waals surface area contributed by atoms with Crippen LogP contribution in [0.3, 0.4) is 0 Å². The molecule has 2 aromatic rings. The molecule has 0 bridgehead atoms. The van der Waals surface area contributed by atoms with Crippen LogP contribution in [0.5, 0.6) is 5.75 Å². The predicted molar refractivity (Wildman–Crippen MR) is 78.4 cm³/mol. The van der Waals surface area contributed by atoms with E-state index in [4.69, 9.17) is 4.74 Å². The number of hydrogen-bond donors (Lipinski definition) is 0. The van der Waals surface area contributed by atoms with Gasteiger partial charge in [0.25, 0.3) is 5.69 Å². The number of methoxy groups -OCH3 is 1. The highest BCUT2D eigenvalue weighted by molar-refractivity contribution is 7.99. The number of nitro benzene ring substituents is 1. The van der Waals surface area contributed by atoms with Crippen molar-refractivity contribution in [3.8, 4) is 5.75 Å². The summed E-state index contributed by atoms with van der Waals surface area (Å²) in [5.74, 6) is 0.843. The standard InChI is InChI=1S/C15H13NO3S/c1-19-13-6-5-11-8-14(20-15(11)9-13)10-3-2-4-12(7-10)16(17)18/h2-7,9,14H,8H2,1H3. The highest BCUT2D eigenvalue weighted by atomic mass is 32.2. The van der Waals surface area contributed by atoms with Crippen LogP contribution in [0.4, 0.5) is 5.69 Å². The first-order valence-electron chi connectivity index (χ1n) is 6.25. The van der Waals surface area contributed by atoms with Gasteiger partial charge >= 0.3 is 0 Å². The van der Waals surface area contributed by atoms with Gasteiger partial charge in [0, 0.05) is 22.3 Å². The largest absolute Gasteiger partial charge is 0.497 e. The maximum atomic E-state index is 10.9. The summed E-state index contributed by atoms with van der Waals surface area (Å²) in [5, 5.41) is 11.1. The molecule has 5 heteroatoms. The monoisotopic (exact) mass is 287 g/mol. The Hall–Kier alpha value is -2.01. The molecule has 0 saturated carbocycles. The minimum absolute atomic E-state index is 0.150. The molecule has 1 aliphatic heterocycles. The van der Waals surface area contributed by atoms with Crippen molar-refractivity contribution in [3.63, 3.8) is 0 Å². The zero-order chi connectivity index (χ0) is 14.1. The Kier molecular flexibility index (Phi) is 3.36. The van der Waals surface area contributed by atoms with E-state index in [0.717, 1.165) is 17.7 Å². The molecular formula is C15H13NO3S. The Morgan fingerprint density at radius 1 is 1.30 bits per heavy atom. The normalized spacial score (nSPS) is 16.8. The van der Waals surface area contributed by atoms with Crippen molar-refractivity contribution < 1.29 is 9.66 Å². The van der Waals surface area contributed by atoms with Crippen LogP contribution in [0.2, 0.25) is 0 Å². The fraction of sp³-hybridized carbons (Fsp3) is 0.200. The van der Waals surface area contributed by atoms with Gasteiger partial charge in [-0.3, -0.25) is 10.1 Å². The topological polar surface area (TPSA) is 52.4 Å². The zero-order valence-corrected chi connectivity index (χ0v) is 11.7. The van der Waals surface area contributed by atoms with Crippen molar-refractivity contribution in [2.75, 3.05) is 7.11 Å². The molecule has 4 nitrogen and oxygen atoms in total. The van der Waals surface area contributed by atoms with Gasteiger partial charge in [-0.05, 0) is 29.7 Å². The Morgan fingerprint density at radius 2 is 2.15 bits per heavy atom. The first kappa shape index (κ1) is 13.0. The van der Waals surface area contributed by atoms with Gasteiger partial charge in [-0.1, -0.05) is 18.2 Å². The van der Waals surface area contributed by atoms with E-state index in [0.29, 0.717) is 0 Å². The molecular weight excluding hydrogens is 274 g/mol. The molecule has 1 heterocycles. The smallest absolute Gasteiger partial charge is 0.269 e. The Morgan fingerprint density at radius 3 is 2.90 bits per heavy atom. The fourth-order valence-electron chi connectivity index (χ4n) is 2.36. The second kappa shape index (κ2) is 5.17. The summed E-state index contributed by atoms with van der Waals surface area (Å²) in [6.07, 6.45) is 0.894.